The van der Waals surface area contributed by atoms with E-state index in [-0.39, 0.29) is 21.3 Å². The van der Waals surface area contributed by atoms with Gasteiger partial charge < -0.3 is 27.2 Å². The number of hydrogen-bond donors (Lipinski definition) is 0. The van der Waals surface area contributed by atoms with Crippen LogP contribution in [0.3, 0.4) is 0 Å². The molecular weight excluding hydrogens is 713 g/mol. The third-order valence-corrected chi connectivity index (χ3v) is 29.7. The molecule has 0 N–H and O–H groups in total. The van der Waals surface area contributed by atoms with Crippen molar-refractivity contribution in [2.24, 2.45) is 46.3 Å². The summed E-state index contributed by atoms with van der Waals surface area (Å²) in [6, 6.07) is 0. The van der Waals surface area contributed by atoms with Crippen molar-refractivity contribution < 1.29 is 27.2 Å². The predicted molar refractivity (Wildman–Crippen MR) is 220 cm³/mol. The van der Waals surface area contributed by atoms with Crippen LogP contribution in [0.15, 0.2) is 0 Å². The Bertz CT molecular complexity index is 1270. The van der Waals surface area contributed by atoms with E-state index in [1.54, 1.807) is 0 Å². The summed E-state index contributed by atoms with van der Waals surface area (Å²) >= 11 is 0. The van der Waals surface area contributed by atoms with Gasteiger partial charge in [-0.3, -0.25) is 0 Å². The molecule has 7 rings (SSSR count). The Morgan fingerprint density at radius 2 is 1.17 bits per heavy atom. The first-order valence-electron chi connectivity index (χ1n) is 22.1. The fraction of sp³-hybridized carbons (Fsp3) is 1.00. The second kappa shape index (κ2) is 14.8. The van der Waals surface area contributed by atoms with Crippen LogP contribution in [0.1, 0.15) is 118 Å². The molecule has 0 amide bonds. The van der Waals surface area contributed by atoms with Gasteiger partial charge in [-0.1, -0.05) is 34.1 Å². The zero-order valence-electron chi connectivity index (χ0n) is 35.5. The number of epoxide rings is 2. The van der Waals surface area contributed by atoms with Gasteiger partial charge >= 0.3 is 0 Å². The molecule has 5 saturated carbocycles. The number of hydrogen-bond acceptors (Lipinski definition) is 6. The van der Waals surface area contributed by atoms with Crippen molar-refractivity contribution in [3.63, 3.8) is 0 Å². The lowest BCUT2D eigenvalue weighted by Crippen LogP contribution is -2.82. The summed E-state index contributed by atoms with van der Waals surface area (Å²) in [5.74, 6) is 3.39. The zero-order valence-corrected chi connectivity index (χ0v) is 39.5. The Morgan fingerprint density at radius 3 is 1.67 bits per heavy atom. The van der Waals surface area contributed by atoms with Gasteiger partial charge in [0.2, 0.25) is 16.6 Å². The van der Waals surface area contributed by atoms with Gasteiger partial charge in [-0.15, -0.1) is 0 Å². The van der Waals surface area contributed by atoms with E-state index in [0.717, 1.165) is 32.0 Å². The molecule has 2 saturated heterocycles. The van der Waals surface area contributed by atoms with E-state index in [1.165, 1.54) is 77.0 Å². The largest absolute Gasteiger partial charge is 0.454 e. The van der Waals surface area contributed by atoms with E-state index in [0.29, 0.717) is 54.0 Å². The van der Waals surface area contributed by atoms with Crippen molar-refractivity contribution >= 4 is 34.7 Å². The van der Waals surface area contributed by atoms with E-state index >= 15 is 0 Å². The normalized spacial score (nSPS) is 41.7. The third kappa shape index (κ3) is 6.04. The number of ether oxygens (including phenoxy) is 4. The molecule has 52 heavy (non-hydrogen) atoms. The smallest absolute Gasteiger partial charge is 0.207 e. The molecule has 7 aliphatic rings. The minimum Gasteiger partial charge on any atom is -0.454 e. The van der Waals surface area contributed by atoms with E-state index in [4.69, 9.17) is 27.2 Å². The first-order valence-corrected chi connectivity index (χ1v) is 32.8. The van der Waals surface area contributed by atoms with Crippen LogP contribution in [0.2, 0.25) is 52.4 Å². The van der Waals surface area contributed by atoms with Crippen molar-refractivity contribution in [3.8, 4) is 0 Å². The van der Waals surface area contributed by atoms with E-state index < -0.39 is 34.7 Å². The number of rotatable bonds is 18. The minimum absolute atomic E-state index is 0.0108. The lowest BCUT2D eigenvalue weighted by molar-refractivity contribution is -0.252. The van der Waals surface area contributed by atoms with E-state index in [1.807, 2.05) is 0 Å². The first-order chi connectivity index (χ1) is 24.6. The van der Waals surface area contributed by atoms with Crippen LogP contribution in [-0.4, -0.2) is 82.8 Å². The molecule has 2 heterocycles. The topological polar surface area (TPSA) is 62.0 Å². The van der Waals surface area contributed by atoms with Crippen LogP contribution < -0.4 is 0 Å². The van der Waals surface area contributed by atoms with Crippen LogP contribution in [0.5, 0.6) is 0 Å². The zero-order chi connectivity index (χ0) is 37.5. The molecule has 6 nitrogen and oxygen atoms in total. The van der Waals surface area contributed by atoms with Gasteiger partial charge in [0.05, 0.1) is 34.9 Å². The molecule has 14 unspecified atom stereocenters. The highest BCUT2D eigenvalue weighted by Crippen LogP contribution is 2.83. The molecule has 2 radical (unpaired) electrons. The molecule has 0 aromatic rings. The van der Waals surface area contributed by atoms with Crippen LogP contribution in [0.4, 0.5) is 0 Å². The second-order valence-electron chi connectivity index (χ2n) is 20.4. The van der Waals surface area contributed by atoms with Crippen LogP contribution in [0, 0.1) is 46.3 Å². The van der Waals surface area contributed by atoms with Gasteiger partial charge in [0, 0.05) is 24.0 Å². The van der Waals surface area contributed by atoms with Gasteiger partial charge in [0.25, 0.3) is 0 Å². The van der Waals surface area contributed by atoms with Crippen molar-refractivity contribution in [2.45, 2.75) is 205 Å². The highest BCUT2D eigenvalue weighted by Gasteiger charge is 2.86. The first kappa shape index (κ1) is 40.8. The fourth-order valence-electron chi connectivity index (χ4n) is 15.7. The second-order valence-corrected chi connectivity index (χ2v) is 33.2. The summed E-state index contributed by atoms with van der Waals surface area (Å²) in [5.41, 5.74) is -0.0326. The molecule has 0 spiro atoms. The Kier molecular flexibility index (Phi) is 11.6. The Labute approximate surface area is 325 Å². The van der Waals surface area contributed by atoms with Crippen molar-refractivity contribution in [2.75, 3.05) is 13.2 Å². The van der Waals surface area contributed by atoms with Gasteiger partial charge in [0.15, 0.2) is 18.1 Å². The minimum atomic E-state index is -2.58. The lowest BCUT2D eigenvalue weighted by Gasteiger charge is -2.72. The molecule has 0 aromatic heterocycles. The van der Waals surface area contributed by atoms with Crippen LogP contribution in [0.25, 0.3) is 0 Å². The molecular formula is C42H78O6Si4. The van der Waals surface area contributed by atoms with Crippen molar-refractivity contribution in [3.05, 3.63) is 0 Å². The Hall–Kier alpha value is 0.628. The maximum atomic E-state index is 8.13. The SMILES string of the molecule is CCCOC(C(C)C1CCC2OC2C1)(C12CCC(C1)C1CCCC12C(OCCC)(C(C)C1CCC2OC2C1)[Si](C)(C)O[Si](C)C)[Si](C)(C)O[Si](C)C. The highest BCUT2D eigenvalue weighted by atomic mass is 28.4. The maximum absolute atomic E-state index is 8.13. The Morgan fingerprint density at radius 1 is 0.673 bits per heavy atom. The summed E-state index contributed by atoms with van der Waals surface area (Å²) in [6.07, 6.45) is 19.2. The third-order valence-electron chi connectivity index (χ3n) is 16.6. The maximum Gasteiger partial charge on any atom is 0.207 e. The molecule has 7 fully saturated rings. The summed E-state index contributed by atoms with van der Waals surface area (Å²) in [7, 11) is -7.11. The van der Waals surface area contributed by atoms with E-state index in [9.17, 15) is 0 Å². The molecule has 10 heteroatoms. The lowest BCUT2D eigenvalue weighted by atomic mass is 9.49. The fourth-order valence-corrected chi connectivity index (χ4v) is 31.8. The standard InChI is InChI=1S/C42H78O6Si4/c1-13-24-43-41(51(9,10)47-49(5)6,29(3)31-17-19-35-37(26-31)45-35)39-23-21-33(28-39)34-16-15-22-40(34,39)42(44-25-14-2,52(11,12)48-50(7)8)30(4)32-18-20-36-38(27-32)46-36/h29-38H,13-28H2,1-12H3. The van der Waals surface area contributed by atoms with Crippen LogP contribution >= 0.6 is 0 Å². The average molecular weight is 791 g/mol. The average Bonchev–Trinajstić information content (AvgIpc) is 3.90. The summed E-state index contributed by atoms with van der Waals surface area (Å²) in [6.45, 7) is 31.7. The summed E-state index contributed by atoms with van der Waals surface area (Å²) < 4.78 is 44.1. The summed E-state index contributed by atoms with van der Waals surface area (Å²) in [5, 5.41) is -0.651. The molecule has 14 atom stereocenters. The number of fused-ring (bicyclic) bond motifs is 7. The monoisotopic (exact) mass is 790 g/mol. The summed E-state index contributed by atoms with van der Waals surface area (Å²) in [4.78, 5) is 0. The quantitative estimate of drug-likeness (QED) is 0.102. The molecule has 5 aliphatic carbocycles. The Balaban J connectivity index is 1.51. The molecule has 2 aliphatic heterocycles. The van der Waals surface area contributed by atoms with E-state index in [2.05, 4.69) is 80.1 Å². The van der Waals surface area contributed by atoms with Crippen molar-refractivity contribution in [1.29, 1.82) is 0 Å². The van der Waals surface area contributed by atoms with Gasteiger partial charge in [0.1, 0.15) is 0 Å². The van der Waals surface area contributed by atoms with Gasteiger partial charge in [-0.25, -0.2) is 0 Å². The van der Waals surface area contributed by atoms with Gasteiger partial charge in [-0.2, -0.15) is 0 Å². The molecule has 0 aromatic carbocycles. The van der Waals surface area contributed by atoms with Gasteiger partial charge in [-0.05, 0) is 171 Å². The molecule has 2 bridgehead atoms. The molecule has 298 valence electrons. The predicted octanol–water partition coefficient (Wildman–Crippen LogP) is 10.3. The highest BCUT2D eigenvalue weighted by molar-refractivity contribution is 6.81. The van der Waals surface area contributed by atoms with Crippen molar-refractivity contribution in [1.82, 2.24) is 0 Å². The van der Waals surface area contributed by atoms with Crippen LogP contribution in [-0.2, 0) is 27.2 Å².